The van der Waals surface area contributed by atoms with Crippen molar-refractivity contribution in [2.75, 3.05) is 18.5 Å². The first-order chi connectivity index (χ1) is 9.88. The fraction of sp³-hybridized carbons (Fsp3) is 0.333. The molecule has 1 saturated heterocycles. The Morgan fingerprint density at radius 3 is 2.38 bits per heavy atom. The Hall–Kier alpha value is -0.640. The van der Waals surface area contributed by atoms with E-state index in [2.05, 4.69) is 58.4 Å². The lowest BCUT2D eigenvalue weighted by molar-refractivity contribution is -0.142. The van der Waals surface area contributed by atoms with Crippen molar-refractivity contribution in [2.24, 2.45) is 5.92 Å². The topological polar surface area (TPSA) is 87.7 Å². The van der Waals surface area contributed by atoms with Gasteiger partial charge in [0, 0.05) is 13.4 Å². The second-order valence-electron chi connectivity index (χ2n) is 4.43. The molecule has 0 spiro atoms. The van der Waals surface area contributed by atoms with Crippen LogP contribution in [0.1, 0.15) is 0 Å². The first kappa shape index (κ1) is 16.7. The van der Waals surface area contributed by atoms with Gasteiger partial charge >= 0.3 is 12.0 Å². The molecule has 1 aliphatic heterocycles. The molecular weight excluding hydrogens is 476 g/mol. The molecule has 0 saturated carbocycles. The van der Waals surface area contributed by atoms with Crippen molar-refractivity contribution >= 4 is 65.5 Å². The molecule has 1 aliphatic rings. The lowest BCUT2D eigenvalue weighted by Crippen LogP contribution is -2.44. The molecule has 1 heterocycles. The second kappa shape index (κ2) is 7.08. The monoisotopic (exact) mass is 484 g/mol. The number of rotatable bonds is 3. The summed E-state index contributed by atoms with van der Waals surface area (Å²) in [5.74, 6) is -1.71. The molecule has 0 aromatic heterocycles. The third-order valence-corrected chi connectivity index (χ3v) is 4.67. The molecule has 114 valence electrons. The molecule has 2 amide bonds. The molecule has 2 atom stereocenters. The molecule has 2 rings (SSSR count). The number of ether oxygens (including phenoxy) is 1. The number of carboxylic acids is 1. The normalized spacial score (nSPS) is 21.1. The molecule has 9 heteroatoms. The highest BCUT2D eigenvalue weighted by molar-refractivity contribution is 9.11. The van der Waals surface area contributed by atoms with Crippen LogP contribution in [-0.4, -0.2) is 36.4 Å². The summed E-state index contributed by atoms with van der Waals surface area (Å²) in [4.78, 5) is 23.0. The van der Waals surface area contributed by atoms with Crippen molar-refractivity contribution in [3.05, 3.63) is 25.6 Å². The molecule has 6 nitrogen and oxygen atoms in total. The van der Waals surface area contributed by atoms with Gasteiger partial charge in [-0.25, -0.2) is 4.79 Å². The van der Waals surface area contributed by atoms with Crippen molar-refractivity contribution in [2.45, 2.75) is 6.04 Å². The van der Waals surface area contributed by atoms with E-state index < -0.39 is 24.0 Å². The predicted molar refractivity (Wildman–Crippen MR) is 87.4 cm³/mol. The summed E-state index contributed by atoms with van der Waals surface area (Å²) in [6, 6.07) is 2.55. The molecule has 0 bridgehead atoms. The van der Waals surface area contributed by atoms with Gasteiger partial charge in [-0.2, -0.15) is 0 Å². The van der Waals surface area contributed by atoms with Crippen LogP contribution in [0.2, 0.25) is 0 Å². The van der Waals surface area contributed by atoms with Gasteiger partial charge in [-0.05, 0) is 44.0 Å². The maximum absolute atomic E-state index is 12.0. The molecule has 1 aromatic carbocycles. The number of anilines is 1. The average molecular weight is 487 g/mol. The van der Waals surface area contributed by atoms with E-state index in [1.54, 1.807) is 12.1 Å². The van der Waals surface area contributed by atoms with E-state index in [4.69, 9.17) is 9.84 Å². The molecule has 1 fully saturated rings. The van der Waals surface area contributed by atoms with Crippen molar-refractivity contribution in [1.29, 1.82) is 0 Å². The number of carbonyl (C=O) groups excluding carboxylic acids is 1. The molecule has 1 aromatic rings. The van der Waals surface area contributed by atoms with Crippen LogP contribution >= 0.6 is 47.8 Å². The number of carboxylic acid groups (broad SMARTS) is 1. The number of carbonyl (C=O) groups is 2. The van der Waals surface area contributed by atoms with Crippen LogP contribution in [0.3, 0.4) is 0 Å². The van der Waals surface area contributed by atoms with Crippen LogP contribution < -0.4 is 10.6 Å². The Kier molecular flexibility index (Phi) is 5.64. The summed E-state index contributed by atoms with van der Waals surface area (Å²) in [7, 11) is 0. The fourth-order valence-electron chi connectivity index (χ4n) is 1.92. The Morgan fingerprint density at radius 1 is 1.19 bits per heavy atom. The lowest BCUT2D eigenvalue weighted by atomic mass is 10.0. The van der Waals surface area contributed by atoms with Crippen LogP contribution in [0.25, 0.3) is 0 Å². The molecule has 21 heavy (non-hydrogen) atoms. The molecule has 2 unspecified atom stereocenters. The van der Waals surface area contributed by atoms with E-state index >= 15 is 0 Å². The van der Waals surface area contributed by atoms with Crippen molar-refractivity contribution in [3.63, 3.8) is 0 Å². The number of hydrogen-bond acceptors (Lipinski definition) is 3. The average Bonchev–Trinajstić information content (AvgIpc) is 2.82. The highest BCUT2D eigenvalue weighted by Crippen LogP contribution is 2.34. The number of amides is 2. The first-order valence-corrected chi connectivity index (χ1v) is 8.29. The van der Waals surface area contributed by atoms with Crippen molar-refractivity contribution in [3.8, 4) is 0 Å². The van der Waals surface area contributed by atoms with Gasteiger partial charge in [-0.3, -0.25) is 4.79 Å². The van der Waals surface area contributed by atoms with Gasteiger partial charge in [0.25, 0.3) is 0 Å². The predicted octanol–water partition coefficient (Wildman–Crippen LogP) is 3.20. The number of nitrogens with one attached hydrogen (secondary N) is 2. The van der Waals surface area contributed by atoms with E-state index in [1.165, 1.54) is 0 Å². The van der Waals surface area contributed by atoms with Gasteiger partial charge in [0.1, 0.15) is 5.92 Å². The molecule has 0 aliphatic carbocycles. The van der Waals surface area contributed by atoms with E-state index in [9.17, 15) is 9.59 Å². The van der Waals surface area contributed by atoms with Gasteiger partial charge < -0.3 is 20.5 Å². The van der Waals surface area contributed by atoms with Gasteiger partial charge in [-0.1, -0.05) is 15.9 Å². The number of aliphatic carboxylic acids is 1. The van der Waals surface area contributed by atoms with Gasteiger partial charge in [0.2, 0.25) is 0 Å². The van der Waals surface area contributed by atoms with Gasteiger partial charge in [0.15, 0.2) is 0 Å². The van der Waals surface area contributed by atoms with Gasteiger partial charge in [-0.15, -0.1) is 0 Å². The summed E-state index contributed by atoms with van der Waals surface area (Å²) < 4.78 is 7.33. The Bertz CT molecular complexity index is 559. The fourth-order valence-corrected chi connectivity index (χ4v) is 4.38. The van der Waals surface area contributed by atoms with Crippen LogP contribution in [-0.2, 0) is 9.53 Å². The lowest BCUT2D eigenvalue weighted by Gasteiger charge is -2.17. The molecular formula is C12H11Br3N2O4. The van der Waals surface area contributed by atoms with Crippen LogP contribution in [0.15, 0.2) is 25.6 Å². The molecule has 0 radical (unpaired) electrons. The minimum Gasteiger partial charge on any atom is -0.481 e. The van der Waals surface area contributed by atoms with Crippen LogP contribution in [0.4, 0.5) is 10.5 Å². The first-order valence-electron chi connectivity index (χ1n) is 5.91. The van der Waals surface area contributed by atoms with E-state index in [1.807, 2.05) is 0 Å². The summed E-state index contributed by atoms with van der Waals surface area (Å²) in [5, 5.41) is 14.3. The van der Waals surface area contributed by atoms with E-state index in [-0.39, 0.29) is 13.2 Å². The number of urea groups is 1. The van der Waals surface area contributed by atoms with Crippen LogP contribution in [0.5, 0.6) is 0 Å². The van der Waals surface area contributed by atoms with Gasteiger partial charge in [0.05, 0.1) is 24.9 Å². The maximum atomic E-state index is 12.0. The minimum absolute atomic E-state index is 0.103. The Labute approximate surface area is 146 Å². The van der Waals surface area contributed by atoms with E-state index in [0.29, 0.717) is 14.6 Å². The Balaban J connectivity index is 2.04. The highest BCUT2D eigenvalue weighted by Gasteiger charge is 2.35. The smallest absolute Gasteiger partial charge is 0.319 e. The zero-order valence-electron chi connectivity index (χ0n) is 10.5. The van der Waals surface area contributed by atoms with Crippen LogP contribution in [0, 0.1) is 5.92 Å². The summed E-state index contributed by atoms with van der Waals surface area (Å²) in [5.41, 5.74) is 0.557. The zero-order valence-corrected chi connectivity index (χ0v) is 15.3. The maximum Gasteiger partial charge on any atom is 0.319 e. The number of hydrogen-bond donors (Lipinski definition) is 3. The third kappa shape index (κ3) is 4.18. The summed E-state index contributed by atoms with van der Waals surface area (Å²) in [6.45, 7) is 0.291. The zero-order chi connectivity index (χ0) is 15.6. The second-order valence-corrected chi connectivity index (χ2v) is 7.06. The minimum atomic E-state index is -0.983. The summed E-state index contributed by atoms with van der Waals surface area (Å²) in [6.07, 6.45) is 0. The number of halogens is 3. The standard InChI is InChI=1S/C12H11Br3N2O4/c13-5-1-7(14)10(8(15)2-5)17-12(20)16-9-4-21-3-6(9)11(18)19/h1-2,6,9H,3-4H2,(H,18,19)(H2,16,17,20). The summed E-state index contributed by atoms with van der Waals surface area (Å²) >= 11 is 10.0. The van der Waals surface area contributed by atoms with E-state index in [0.717, 1.165) is 4.47 Å². The molecule has 3 N–H and O–H groups in total. The van der Waals surface area contributed by atoms with Crippen molar-refractivity contribution in [1.82, 2.24) is 5.32 Å². The Morgan fingerprint density at radius 2 is 1.81 bits per heavy atom. The largest absolute Gasteiger partial charge is 0.481 e. The number of benzene rings is 1. The van der Waals surface area contributed by atoms with Crippen molar-refractivity contribution < 1.29 is 19.4 Å². The SMILES string of the molecule is O=C(Nc1c(Br)cc(Br)cc1Br)NC1COCC1C(=O)O. The third-order valence-electron chi connectivity index (χ3n) is 2.96. The quantitative estimate of drug-likeness (QED) is 0.612. The highest BCUT2D eigenvalue weighted by atomic mass is 79.9.